The molecular weight excluding hydrogens is 654 g/mol. The first-order valence-corrected chi connectivity index (χ1v) is 16.1. The Labute approximate surface area is 297 Å². The molecule has 50 heavy (non-hydrogen) atoms. The van der Waals surface area contributed by atoms with Crippen LogP contribution in [0.4, 0.5) is 5.69 Å². The average molecular weight is 694 g/mol. The maximum Gasteiger partial charge on any atom is 0.338 e. The van der Waals surface area contributed by atoms with Gasteiger partial charge in [0.05, 0.1) is 12.1 Å². The zero-order valence-corrected chi connectivity index (χ0v) is 28.4. The molecule has 0 radical (unpaired) electrons. The standard InChI is InChI=1S/C40H39N3O6.ClH/c1-3-23-47-34-20-18-27-11-5-7-15-31(27)37(34)38-32-16-8-6-12-28(32)19-21-35(38)49-26-36(44)43-33(17-10-22-41)39(45)42-30-14-9-13-29(25-30)40(46)48-24-4-2;/h3-9,11-16,18-21,25,33H,1-2,10,17,22-24,26,41H2,(H,42,45)(H,43,44);1H/t33-;/m1./s1. The van der Waals surface area contributed by atoms with Crippen LogP contribution in [0.2, 0.25) is 0 Å². The molecule has 2 amide bonds. The van der Waals surface area contributed by atoms with E-state index in [0.717, 1.165) is 32.7 Å². The zero-order chi connectivity index (χ0) is 34.6. The van der Waals surface area contributed by atoms with Crippen LogP contribution in [-0.2, 0) is 14.3 Å². The molecule has 0 aromatic heterocycles. The number of nitrogens with one attached hydrogen (secondary N) is 2. The van der Waals surface area contributed by atoms with E-state index < -0.39 is 23.8 Å². The van der Waals surface area contributed by atoms with E-state index in [2.05, 4.69) is 29.5 Å². The van der Waals surface area contributed by atoms with Gasteiger partial charge in [-0.1, -0.05) is 92.0 Å². The molecule has 0 aliphatic rings. The van der Waals surface area contributed by atoms with E-state index in [1.54, 1.807) is 24.3 Å². The second kappa shape index (κ2) is 18.2. The first-order chi connectivity index (χ1) is 23.9. The van der Waals surface area contributed by atoms with Crippen molar-refractivity contribution >= 4 is 45.0 Å². The lowest BCUT2D eigenvalue weighted by Crippen LogP contribution is -3.00. The number of halogens is 1. The Kier molecular flexibility index (Phi) is 13.5. The highest BCUT2D eigenvalue weighted by Crippen LogP contribution is 2.45. The molecule has 0 heterocycles. The highest BCUT2D eigenvalue weighted by Gasteiger charge is 2.23. The number of carbonyl (C=O) groups is 3. The lowest BCUT2D eigenvalue weighted by molar-refractivity contribution is -0.368. The summed E-state index contributed by atoms with van der Waals surface area (Å²) in [6, 6.07) is 29.3. The molecule has 0 aliphatic carbocycles. The number of rotatable bonds is 16. The number of hydrogen-bond donors (Lipinski definition) is 3. The van der Waals surface area contributed by atoms with Crippen LogP contribution in [0.3, 0.4) is 0 Å². The summed E-state index contributed by atoms with van der Waals surface area (Å²) in [7, 11) is 0. The molecule has 0 spiro atoms. The number of anilines is 1. The summed E-state index contributed by atoms with van der Waals surface area (Å²) >= 11 is 0. The number of hydrogen-bond acceptors (Lipinski definition) is 6. The summed E-state index contributed by atoms with van der Waals surface area (Å²) in [5.74, 6) is -0.276. The minimum Gasteiger partial charge on any atom is -1.00 e. The largest absolute Gasteiger partial charge is 1.00 e. The molecule has 5 N–H and O–H groups in total. The normalized spacial score (nSPS) is 11.1. The molecule has 5 rings (SSSR count). The summed E-state index contributed by atoms with van der Waals surface area (Å²) in [6.45, 7) is 7.99. The number of benzene rings is 5. The third-order valence-corrected chi connectivity index (χ3v) is 7.84. The van der Waals surface area contributed by atoms with Gasteiger partial charge in [0.25, 0.3) is 5.91 Å². The van der Waals surface area contributed by atoms with E-state index in [9.17, 15) is 14.4 Å². The van der Waals surface area contributed by atoms with Crippen LogP contribution < -0.4 is 38.2 Å². The van der Waals surface area contributed by atoms with Gasteiger partial charge in [-0.15, -0.1) is 0 Å². The Morgan fingerprint density at radius 3 is 2.00 bits per heavy atom. The van der Waals surface area contributed by atoms with E-state index in [0.29, 0.717) is 43.2 Å². The maximum absolute atomic E-state index is 13.4. The van der Waals surface area contributed by atoms with Crippen LogP contribution in [0.15, 0.2) is 122 Å². The van der Waals surface area contributed by atoms with Gasteiger partial charge in [0.1, 0.15) is 30.8 Å². The monoisotopic (exact) mass is 693 g/mol. The summed E-state index contributed by atoms with van der Waals surface area (Å²) in [6.07, 6.45) is 4.14. The van der Waals surface area contributed by atoms with E-state index >= 15 is 0 Å². The predicted molar refractivity (Wildman–Crippen MR) is 193 cm³/mol. The Balaban J connectivity index is 0.00000562. The number of quaternary nitrogens is 1. The minimum absolute atomic E-state index is 0. The van der Waals surface area contributed by atoms with Gasteiger partial charge in [0, 0.05) is 16.8 Å². The highest BCUT2D eigenvalue weighted by molar-refractivity contribution is 6.10. The fraction of sp³-hybridized carbons (Fsp3) is 0.175. The Morgan fingerprint density at radius 2 is 1.38 bits per heavy atom. The minimum atomic E-state index is -0.859. The fourth-order valence-corrected chi connectivity index (χ4v) is 5.58. The first kappa shape index (κ1) is 37.2. The van der Waals surface area contributed by atoms with Crippen molar-refractivity contribution in [2.75, 3.05) is 31.7 Å². The van der Waals surface area contributed by atoms with E-state index in [4.69, 9.17) is 14.2 Å². The Hall–Kier alpha value is -5.64. The molecule has 0 bridgehead atoms. The van der Waals surface area contributed by atoms with E-state index in [1.807, 2.05) is 72.8 Å². The van der Waals surface area contributed by atoms with Gasteiger partial charge < -0.3 is 43.0 Å². The van der Waals surface area contributed by atoms with Crippen LogP contribution >= 0.6 is 0 Å². The van der Waals surface area contributed by atoms with Crippen LogP contribution in [0.25, 0.3) is 32.7 Å². The second-order valence-electron chi connectivity index (χ2n) is 11.3. The van der Waals surface area contributed by atoms with Gasteiger partial charge in [-0.05, 0) is 64.7 Å². The quantitative estimate of drug-likeness (QED) is 0.108. The molecule has 10 heteroatoms. The van der Waals surface area contributed by atoms with Crippen LogP contribution in [0.5, 0.6) is 11.5 Å². The van der Waals surface area contributed by atoms with E-state index in [1.165, 1.54) is 12.1 Å². The third-order valence-electron chi connectivity index (χ3n) is 7.84. The SMILES string of the molecule is C=CCOC(=O)c1cccc(NC(=O)[C@@H](CCC[NH3+])NC(=O)COc2ccc3ccccc3c2-c2c(OCC=C)ccc3ccccc23)c1.[Cl-]. The van der Waals surface area contributed by atoms with Crippen molar-refractivity contribution in [2.45, 2.75) is 18.9 Å². The Morgan fingerprint density at radius 1 is 0.760 bits per heavy atom. The Bertz CT molecular complexity index is 2000. The molecular formula is C40H40ClN3O6. The van der Waals surface area contributed by atoms with Gasteiger partial charge >= 0.3 is 5.97 Å². The molecule has 0 saturated heterocycles. The van der Waals surface area contributed by atoms with Gasteiger partial charge in [-0.2, -0.15) is 0 Å². The average Bonchev–Trinajstić information content (AvgIpc) is 3.13. The van der Waals surface area contributed by atoms with Crippen molar-refractivity contribution in [3.05, 3.63) is 128 Å². The smallest absolute Gasteiger partial charge is 0.338 e. The molecule has 1 atom stereocenters. The van der Waals surface area contributed by atoms with Gasteiger partial charge in [0.2, 0.25) is 5.91 Å². The molecule has 0 aliphatic heterocycles. The van der Waals surface area contributed by atoms with Crippen molar-refractivity contribution < 1.29 is 46.7 Å². The van der Waals surface area contributed by atoms with Gasteiger partial charge in [-0.3, -0.25) is 9.59 Å². The van der Waals surface area contributed by atoms with Crippen LogP contribution in [0.1, 0.15) is 23.2 Å². The molecule has 5 aromatic rings. The number of amides is 2. The van der Waals surface area contributed by atoms with Crippen LogP contribution in [-0.4, -0.2) is 50.2 Å². The van der Waals surface area contributed by atoms with Crippen molar-refractivity contribution in [1.82, 2.24) is 5.32 Å². The van der Waals surface area contributed by atoms with Crippen molar-refractivity contribution in [3.8, 4) is 22.6 Å². The molecule has 0 saturated carbocycles. The molecule has 258 valence electrons. The third kappa shape index (κ3) is 9.07. The summed E-state index contributed by atoms with van der Waals surface area (Å²) in [4.78, 5) is 39.1. The van der Waals surface area contributed by atoms with Crippen molar-refractivity contribution in [1.29, 1.82) is 0 Å². The van der Waals surface area contributed by atoms with Crippen molar-refractivity contribution in [2.24, 2.45) is 0 Å². The summed E-state index contributed by atoms with van der Waals surface area (Å²) in [5, 5.41) is 9.57. The summed E-state index contributed by atoms with van der Waals surface area (Å²) in [5.41, 5.74) is 6.19. The van der Waals surface area contributed by atoms with Crippen molar-refractivity contribution in [3.63, 3.8) is 0 Å². The fourth-order valence-electron chi connectivity index (χ4n) is 5.58. The van der Waals surface area contributed by atoms with Gasteiger partial charge in [-0.25, -0.2) is 4.79 Å². The molecule has 0 fully saturated rings. The lowest BCUT2D eigenvalue weighted by Gasteiger charge is -2.21. The summed E-state index contributed by atoms with van der Waals surface area (Å²) < 4.78 is 17.5. The maximum atomic E-state index is 13.4. The first-order valence-electron chi connectivity index (χ1n) is 16.1. The molecule has 0 unspecified atom stereocenters. The number of carbonyl (C=O) groups excluding carboxylic acids is 3. The van der Waals surface area contributed by atoms with Gasteiger partial charge in [0.15, 0.2) is 6.61 Å². The number of ether oxygens (including phenoxy) is 3. The topological polar surface area (TPSA) is 131 Å². The second-order valence-corrected chi connectivity index (χ2v) is 11.3. The molecule has 5 aromatic carbocycles. The predicted octanol–water partition coefficient (Wildman–Crippen LogP) is 3.10. The number of esters is 1. The highest BCUT2D eigenvalue weighted by atomic mass is 35.5. The zero-order valence-electron chi connectivity index (χ0n) is 27.7. The number of fused-ring (bicyclic) bond motifs is 2. The van der Waals surface area contributed by atoms with E-state index in [-0.39, 0.29) is 31.2 Å². The lowest BCUT2D eigenvalue weighted by atomic mass is 9.92. The van der Waals surface area contributed by atoms with Crippen LogP contribution in [0, 0.1) is 0 Å². The molecule has 9 nitrogen and oxygen atoms in total.